The van der Waals surface area contributed by atoms with Crippen molar-refractivity contribution in [1.82, 2.24) is 19.9 Å². The summed E-state index contributed by atoms with van der Waals surface area (Å²) in [5.74, 6) is 0.355. The molecule has 0 atom stereocenters. The lowest BCUT2D eigenvalue weighted by Crippen LogP contribution is -2.41. The number of amides is 1. The third kappa shape index (κ3) is 3.41. The molecule has 2 aromatic heterocycles. The molecule has 3 aromatic rings. The molecular formula is C20H24N4O3. The Morgan fingerprint density at radius 1 is 1.26 bits per heavy atom. The number of aromatic amines is 2. The molecule has 0 saturated carbocycles. The van der Waals surface area contributed by atoms with E-state index in [9.17, 15) is 9.59 Å². The second-order valence-electron chi connectivity index (χ2n) is 8.13. The summed E-state index contributed by atoms with van der Waals surface area (Å²) in [6.45, 7) is 6.99. The topological polar surface area (TPSA) is 91.1 Å². The molecule has 4 rings (SSSR count). The Labute approximate surface area is 156 Å². The van der Waals surface area contributed by atoms with Gasteiger partial charge in [-0.15, -0.1) is 0 Å². The highest BCUT2D eigenvalue weighted by Crippen LogP contribution is 2.32. The zero-order valence-corrected chi connectivity index (χ0v) is 15.8. The van der Waals surface area contributed by atoms with E-state index in [4.69, 9.17) is 4.74 Å². The van der Waals surface area contributed by atoms with Crippen LogP contribution in [0.25, 0.3) is 21.9 Å². The van der Waals surface area contributed by atoms with E-state index in [0.29, 0.717) is 30.0 Å². The quantitative estimate of drug-likeness (QED) is 0.687. The molecule has 0 spiro atoms. The SMILES string of the molecule is CC(C)(C)OC(=O)N1CCC(c2ccc3[nH]c4nc[nH]c(=O)c4c3c2)CC1. The first kappa shape index (κ1) is 17.6. The fourth-order valence-corrected chi connectivity index (χ4v) is 3.73. The van der Waals surface area contributed by atoms with Crippen LogP contribution in [-0.4, -0.2) is 44.6 Å². The number of likely N-dealkylation sites (tertiary alicyclic amines) is 1. The molecule has 1 aromatic carbocycles. The van der Waals surface area contributed by atoms with Gasteiger partial charge in [0, 0.05) is 24.0 Å². The molecule has 1 aliphatic heterocycles. The highest BCUT2D eigenvalue weighted by atomic mass is 16.6. The summed E-state index contributed by atoms with van der Waals surface area (Å²) in [5.41, 5.74) is 2.09. The first-order chi connectivity index (χ1) is 12.8. The van der Waals surface area contributed by atoms with Crippen molar-refractivity contribution in [2.75, 3.05) is 13.1 Å². The zero-order chi connectivity index (χ0) is 19.2. The molecule has 1 aliphatic rings. The number of benzene rings is 1. The minimum absolute atomic E-state index is 0.136. The van der Waals surface area contributed by atoms with Crippen molar-refractivity contribution in [3.63, 3.8) is 0 Å². The summed E-state index contributed by atoms with van der Waals surface area (Å²) in [6.07, 6.45) is 2.92. The van der Waals surface area contributed by atoms with Crippen LogP contribution in [0.3, 0.4) is 0 Å². The summed E-state index contributed by atoms with van der Waals surface area (Å²) < 4.78 is 5.46. The third-order valence-electron chi connectivity index (χ3n) is 5.04. The van der Waals surface area contributed by atoms with E-state index < -0.39 is 5.60 Å². The Bertz CT molecular complexity index is 1050. The van der Waals surface area contributed by atoms with Crippen LogP contribution in [0.2, 0.25) is 0 Å². The van der Waals surface area contributed by atoms with Crippen LogP contribution >= 0.6 is 0 Å². The lowest BCUT2D eigenvalue weighted by molar-refractivity contribution is 0.0205. The van der Waals surface area contributed by atoms with Gasteiger partial charge in [0.1, 0.15) is 11.2 Å². The molecule has 0 bridgehead atoms. The van der Waals surface area contributed by atoms with E-state index >= 15 is 0 Å². The van der Waals surface area contributed by atoms with Crippen LogP contribution in [0.15, 0.2) is 29.3 Å². The van der Waals surface area contributed by atoms with E-state index in [1.807, 2.05) is 26.8 Å². The number of H-pyrrole nitrogens is 2. The van der Waals surface area contributed by atoms with Crippen LogP contribution in [0.4, 0.5) is 4.79 Å². The number of hydrogen-bond donors (Lipinski definition) is 2. The van der Waals surface area contributed by atoms with E-state index in [0.717, 1.165) is 23.7 Å². The number of carbonyl (C=O) groups is 1. The number of carbonyl (C=O) groups excluding carboxylic acids is 1. The zero-order valence-electron chi connectivity index (χ0n) is 15.8. The average Bonchev–Trinajstić information content (AvgIpc) is 2.99. The van der Waals surface area contributed by atoms with Crippen molar-refractivity contribution in [3.8, 4) is 0 Å². The van der Waals surface area contributed by atoms with E-state index in [1.54, 1.807) is 4.90 Å². The predicted molar refractivity (Wildman–Crippen MR) is 104 cm³/mol. The minimum Gasteiger partial charge on any atom is -0.444 e. The molecule has 7 nitrogen and oxygen atoms in total. The number of ether oxygens (including phenoxy) is 1. The number of hydrogen-bond acceptors (Lipinski definition) is 4. The number of rotatable bonds is 1. The van der Waals surface area contributed by atoms with Crippen LogP contribution in [0.5, 0.6) is 0 Å². The summed E-state index contributed by atoms with van der Waals surface area (Å²) in [7, 11) is 0. The maximum Gasteiger partial charge on any atom is 0.410 e. The Hall–Kier alpha value is -2.83. The van der Waals surface area contributed by atoms with Gasteiger partial charge in [-0.1, -0.05) is 6.07 Å². The van der Waals surface area contributed by atoms with Gasteiger partial charge in [0.2, 0.25) is 0 Å². The van der Waals surface area contributed by atoms with Gasteiger partial charge >= 0.3 is 6.09 Å². The monoisotopic (exact) mass is 368 g/mol. The van der Waals surface area contributed by atoms with Gasteiger partial charge in [0.25, 0.3) is 5.56 Å². The number of piperidine rings is 1. The summed E-state index contributed by atoms with van der Waals surface area (Å²) >= 11 is 0. The van der Waals surface area contributed by atoms with Crippen molar-refractivity contribution >= 4 is 28.0 Å². The standard InChI is InChI=1S/C20H24N4O3/c1-20(2,3)27-19(26)24-8-6-12(7-9-24)13-4-5-15-14(10-13)16-17(23-15)21-11-22-18(16)25/h4-5,10-12H,6-9H2,1-3H3,(H2,21,22,23,25). The Morgan fingerprint density at radius 3 is 2.70 bits per heavy atom. The van der Waals surface area contributed by atoms with Crippen molar-refractivity contribution in [1.29, 1.82) is 0 Å². The molecule has 1 saturated heterocycles. The molecule has 1 fully saturated rings. The Kier molecular flexibility index (Phi) is 4.17. The predicted octanol–water partition coefficient (Wildman–Crippen LogP) is 3.52. The first-order valence-electron chi connectivity index (χ1n) is 9.29. The van der Waals surface area contributed by atoms with Crippen molar-refractivity contribution in [3.05, 3.63) is 40.4 Å². The molecule has 0 aliphatic carbocycles. The number of nitrogens with zero attached hydrogens (tertiary/aromatic N) is 2. The Morgan fingerprint density at radius 2 is 2.00 bits per heavy atom. The second-order valence-corrected chi connectivity index (χ2v) is 8.13. The molecule has 2 N–H and O–H groups in total. The lowest BCUT2D eigenvalue weighted by atomic mass is 9.89. The largest absolute Gasteiger partial charge is 0.444 e. The van der Waals surface area contributed by atoms with Crippen molar-refractivity contribution < 1.29 is 9.53 Å². The molecule has 3 heterocycles. The molecule has 7 heteroatoms. The maximum atomic E-state index is 12.2. The van der Waals surface area contributed by atoms with Crippen molar-refractivity contribution in [2.24, 2.45) is 0 Å². The minimum atomic E-state index is -0.477. The normalized spacial score (nSPS) is 16.2. The van der Waals surface area contributed by atoms with E-state index in [-0.39, 0.29) is 11.7 Å². The third-order valence-corrected chi connectivity index (χ3v) is 5.04. The van der Waals surface area contributed by atoms with Gasteiger partial charge in [0.05, 0.1) is 11.7 Å². The second kappa shape index (κ2) is 6.40. The highest BCUT2D eigenvalue weighted by Gasteiger charge is 2.27. The molecule has 0 radical (unpaired) electrons. The summed E-state index contributed by atoms with van der Waals surface area (Å²) in [6, 6.07) is 6.19. The number of fused-ring (bicyclic) bond motifs is 3. The van der Waals surface area contributed by atoms with Gasteiger partial charge in [0.15, 0.2) is 0 Å². The van der Waals surface area contributed by atoms with E-state index in [2.05, 4.69) is 27.1 Å². The lowest BCUT2D eigenvalue weighted by Gasteiger charge is -2.33. The smallest absolute Gasteiger partial charge is 0.410 e. The molecule has 27 heavy (non-hydrogen) atoms. The number of aromatic nitrogens is 3. The van der Waals surface area contributed by atoms with Crippen LogP contribution in [0.1, 0.15) is 45.1 Å². The molecule has 142 valence electrons. The molecule has 1 amide bonds. The maximum absolute atomic E-state index is 12.2. The van der Waals surface area contributed by atoms with Crippen LogP contribution in [-0.2, 0) is 4.74 Å². The molecule has 0 unspecified atom stereocenters. The fourth-order valence-electron chi connectivity index (χ4n) is 3.73. The van der Waals surface area contributed by atoms with Gasteiger partial charge in [-0.05, 0) is 57.2 Å². The summed E-state index contributed by atoms with van der Waals surface area (Å²) in [4.78, 5) is 36.3. The Balaban J connectivity index is 1.55. The molecular weight excluding hydrogens is 344 g/mol. The number of nitrogens with one attached hydrogen (secondary N) is 2. The van der Waals surface area contributed by atoms with Gasteiger partial charge in [-0.2, -0.15) is 0 Å². The van der Waals surface area contributed by atoms with Gasteiger partial charge in [-0.3, -0.25) is 4.79 Å². The van der Waals surface area contributed by atoms with Gasteiger partial charge in [-0.25, -0.2) is 9.78 Å². The van der Waals surface area contributed by atoms with E-state index in [1.165, 1.54) is 11.9 Å². The average molecular weight is 368 g/mol. The van der Waals surface area contributed by atoms with Gasteiger partial charge < -0.3 is 19.6 Å². The van der Waals surface area contributed by atoms with Crippen molar-refractivity contribution in [2.45, 2.75) is 45.1 Å². The van der Waals surface area contributed by atoms with Crippen LogP contribution < -0.4 is 5.56 Å². The van der Waals surface area contributed by atoms with Crippen LogP contribution in [0, 0.1) is 0 Å². The highest BCUT2D eigenvalue weighted by molar-refractivity contribution is 6.05. The summed E-state index contributed by atoms with van der Waals surface area (Å²) in [5, 5.41) is 1.49. The fraction of sp³-hybridized carbons (Fsp3) is 0.450. The first-order valence-corrected chi connectivity index (χ1v) is 9.29.